The molecule has 1 unspecified atom stereocenters. The SMILES string of the molecule is CC(NC(=O)C(C)(C)CN)c1ccccc1.Cl. The van der Waals surface area contributed by atoms with Crippen molar-refractivity contribution < 1.29 is 4.79 Å². The number of carbonyl (C=O) groups is 1. The lowest BCUT2D eigenvalue weighted by atomic mass is 9.92. The molecule has 1 atom stereocenters. The van der Waals surface area contributed by atoms with Crippen LogP contribution in [0.3, 0.4) is 0 Å². The second-order valence-electron chi connectivity index (χ2n) is 4.69. The highest BCUT2D eigenvalue weighted by Gasteiger charge is 2.26. The topological polar surface area (TPSA) is 55.1 Å². The Morgan fingerprint density at radius 2 is 1.88 bits per heavy atom. The van der Waals surface area contributed by atoms with Crippen LogP contribution in [0.2, 0.25) is 0 Å². The lowest BCUT2D eigenvalue weighted by molar-refractivity contribution is -0.129. The summed E-state index contributed by atoms with van der Waals surface area (Å²) in [5.74, 6) is -0.00801. The van der Waals surface area contributed by atoms with Crippen molar-refractivity contribution in [3.63, 3.8) is 0 Å². The van der Waals surface area contributed by atoms with Gasteiger partial charge in [-0.2, -0.15) is 0 Å². The molecule has 0 aliphatic carbocycles. The van der Waals surface area contributed by atoms with E-state index in [1.807, 2.05) is 51.1 Å². The molecule has 96 valence electrons. The molecule has 0 heterocycles. The maximum absolute atomic E-state index is 11.9. The first-order valence-electron chi connectivity index (χ1n) is 5.53. The summed E-state index contributed by atoms with van der Waals surface area (Å²) in [5, 5.41) is 2.97. The molecule has 0 aromatic heterocycles. The van der Waals surface area contributed by atoms with Crippen LogP contribution >= 0.6 is 12.4 Å². The smallest absolute Gasteiger partial charge is 0.227 e. The summed E-state index contributed by atoms with van der Waals surface area (Å²) in [4.78, 5) is 11.9. The third kappa shape index (κ3) is 4.36. The van der Waals surface area contributed by atoms with Crippen molar-refractivity contribution in [2.45, 2.75) is 26.8 Å². The largest absolute Gasteiger partial charge is 0.349 e. The number of amides is 1. The monoisotopic (exact) mass is 256 g/mol. The van der Waals surface area contributed by atoms with Gasteiger partial charge in [0.25, 0.3) is 0 Å². The van der Waals surface area contributed by atoms with Gasteiger partial charge in [0, 0.05) is 6.54 Å². The van der Waals surface area contributed by atoms with Crippen LogP contribution in [-0.4, -0.2) is 12.5 Å². The van der Waals surface area contributed by atoms with Crippen molar-refractivity contribution in [3.8, 4) is 0 Å². The van der Waals surface area contributed by atoms with E-state index in [0.29, 0.717) is 6.54 Å². The summed E-state index contributed by atoms with van der Waals surface area (Å²) in [6.45, 7) is 6.01. The average molecular weight is 257 g/mol. The van der Waals surface area contributed by atoms with Gasteiger partial charge in [-0.15, -0.1) is 12.4 Å². The molecule has 1 aromatic rings. The first-order chi connectivity index (χ1) is 7.47. The maximum atomic E-state index is 11.9. The van der Waals surface area contributed by atoms with Crippen LogP contribution in [0.1, 0.15) is 32.4 Å². The Hall–Kier alpha value is -1.06. The van der Waals surface area contributed by atoms with Crippen LogP contribution in [0.15, 0.2) is 30.3 Å². The average Bonchev–Trinajstić information content (AvgIpc) is 2.30. The molecule has 3 nitrogen and oxygen atoms in total. The molecule has 0 spiro atoms. The second-order valence-corrected chi connectivity index (χ2v) is 4.69. The number of rotatable bonds is 4. The number of nitrogens with two attached hydrogens (primary N) is 1. The molecule has 4 heteroatoms. The normalized spacial score (nSPS) is 12.5. The third-order valence-electron chi connectivity index (χ3n) is 2.77. The Bertz CT molecular complexity index is 352. The number of carbonyl (C=O) groups excluding carboxylic acids is 1. The zero-order chi connectivity index (χ0) is 12.2. The molecular weight excluding hydrogens is 236 g/mol. The van der Waals surface area contributed by atoms with Crippen LogP contribution in [0.5, 0.6) is 0 Å². The Morgan fingerprint density at radius 1 is 1.35 bits per heavy atom. The van der Waals surface area contributed by atoms with E-state index in [0.717, 1.165) is 5.56 Å². The highest BCUT2D eigenvalue weighted by Crippen LogP contribution is 2.17. The summed E-state index contributed by atoms with van der Waals surface area (Å²) >= 11 is 0. The molecule has 0 saturated carbocycles. The van der Waals surface area contributed by atoms with Crippen LogP contribution in [0, 0.1) is 5.41 Å². The van der Waals surface area contributed by atoms with E-state index < -0.39 is 5.41 Å². The van der Waals surface area contributed by atoms with E-state index in [1.165, 1.54) is 0 Å². The lowest BCUT2D eigenvalue weighted by Gasteiger charge is -2.24. The molecule has 0 aliphatic rings. The maximum Gasteiger partial charge on any atom is 0.227 e. The Morgan fingerprint density at radius 3 is 2.35 bits per heavy atom. The summed E-state index contributed by atoms with van der Waals surface area (Å²) in [6, 6.07) is 9.90. The van der Waals surface area contributed by atoms with Crippen molar-refractivity contribution in [1.82, 2.24) is 5.32 Å². The van der Waals surface area contributed by atoms with Crippen molar-refractivity contribution in [3.05, 3.63) is 35.9 Å². The summed E-state index contributed by atoms with van der Waals surface area (Å²) in [6.07, 6.45) is 0. The van der Waals surface area contributed by atoms with E-state index in [2.05, 4.69) is 5.32 Å². The van der Waals surface area contributed by atoms with E-state index in [4.69, 9.17) is 5.73 Å². The standard InChI is InChI=1S/C13H20N2O.ClH/c1-10(11-7-5-4-6-8-11)15-12(16)13(2,3)9-14;/h4-8,10H,9,14H2,1-3H3,(H,15,16);1H. The minimum atomic E-state index is -0.511. The number of hydrogen-bond donors (Lipinski definition) is 2. The van der Waals surface area contributed by atoms with E-state index in [9.17, 15) is 4.79 Å². The van der Waals surface area contributed by atoms with Gasteiger partial charge in [0.2, 0.25) is 5.91 Å². The minimum Gasteiger partial charge on any atom is -0.349 e. The van der Waals surface area contributed by atoms with Crippen LogP contribution in [0.4, 0.5) is 0 Å². The van der Waals surface area contributed by atoms with Gasteiger partial charge in [-0.05, 0) is 26.3 Å². The first kappa shape index (κ1) is 15.9. The predicted molar refractivity (Wildman–Crippen MR) is 73.1 cm³/mol. The van der Waals surface area contributed by atoms with Gasteiger partial charge in [0.1, 0.15) is 0 Å². The van der Waals surface area contributed by atoms with Crippen LogP contribution < -0.4 is 11.1 Å². The molecule has 1 aromatic carbocycles. The second kappa shape index (κ2) is 6.62. The van der Waals surface area contributed by atoms with Crippen molar-refractivity contribution in [2.75, 3.05) is 6.54 Å². The lowest BCUT2D eigenvalue weighted by Crippen LogP contribution is -2.42. The van der Waals surface area contributed by atoms with Gasteiger partial charge < -0.3 is 11.1 Å². The molecule has 3 N–H and O–H groups in total. The number of benzene rings is 1. The Kier molecular flexibility index (Phi) is 6.21. The molecule has 0 fully saturated rings. The summed E-state index contributed by atoms with van der Waals surface area (Å²) in [5.41, 5.74) is 6.15. The molecule has 1 amide bonds. The number of halogens is 1. The molecule has 0 bridgehead atoms. The number of nitrogens with one attached hydrogen (secondary N) is 1. The predicted octanol–water partition coefficient (Wildman–Crippen LogP) is 2.27. The Labute approximate surface area is 109 Å². The van der Waals surface area contributed by atoms with Crippen molar-refractivity contribution >= 4 is 18.3 Å². The van der Waals surface area contributed by atoms with Gasteiger partial charge in [0.15, 0.2) is 0 Å². The molecule has 0 aliphatic heterocycles. The first-order valence-corrected chi connectivity index (χ1v) is 5.53. The highest BCUT2D eigenvalue weighted by atomic mass is 35.5. The fraction of sp³-hybridized carbons (Fsp3) is 0.462. The van der Waals surface area contributed by atoms with Gasteiger partial charge in [-0.25, -0.2) is 0 Å². The Balaban J connectivity index is 0.00000256. The van der Waals surface area contributed by atoms with Crippen LogP contribution in [-0.2, 0) is 4.79 Å². The quantitative estimate of drug-likeness (QED) is 0.868. The summed E-state index contributed by atoms with van der Waals surface area (Å²) in [7, 11) is 0. The van der Waals surface area contributed by atoms with Crippen molar-refractivity contribution in [1.29, 1.82) is 0 Å². The van der Waals surface area contributed by atoms with Gasteiger partial charge >= 0.3 is 0 Å². The zero-order valence-corrected chi connectivity index (χ0v) is 11.4. The molecule has 0 saturated heterocycles. The summed E-state index contributed by atoms with van der Waals surface area (Å²) < 4.78 is 0. The highest BCUT2D eigenvalue weighted by molar-refractivity contribution is 5.85. The van der Waals surface area contributed by atoms with Crippen molar-refractivity contribution in [2.24, 2.45) is 11.1 Å². The van der Waals surface area contributed by atoms with Crippen LogP contribution in [0.25, 0.3) is 0 Å². The van der Waals surface area contributed by atoms with E-state index in [1.54, 1.807) is 0 Å². The number of hydrogen-bond acceptors (Lipinski definition) is 2. The van der Waals surface area contributed by atoms with Gasteiger partial charge in [-0.3, -0.25) is 4.79 Å². The van der Waals surface area contributed by atoms with Gasteiger partial charge in [-0.1, -0.05) is 30.3 Å². The van der Waals surface area contributed by atoms with Gasteiger partial charge in [0.05, 0.1) is 11.5 Å². The third-order valence-corrected chi connectivity index (χ3v) is 2.77. The fourth-order valence-corrected chi connectivity index (χ4v) is 1.31. The minimum absolute atomic E-state index is 0. The molecule has 1 rings (SSSR count). The molecular formula is C13H21ClN2O. The van der Waals surface area contributed by atoms with E-state index in [-0.39, 0.29) is 24.4 Å². The fourth-order valence-electron chi connectivity index (χ4n) is 1.31. The zero-order valence-electron chi connectivity index (χ0n) is 10.6. The molecule has 0 radical (unpaired) electrons. The van der Waals surface area contributed by atoms with E-state index >= 15 is 0 Å². The molecule has 17 heavy (non-hydrogen) atoms.